The zero-order valence-corrected chi connectivity index (χ0v) is 14.1. The molecule has 0 atom stereocenters. The van der Waals surface area contributed by atoms with Gasteiger partial charge in [0.05, 0.1) is 5.71 Å². The molecule has 0 heterocycles. The van der Waals surface area contributed by atoms with Gasteiger partial charge in [-0.3, -0.25) is 5.43 Å². The summed E-state index contributed by atoms with van der Waals surface area (Å²) >= 11 is 5.14. The van der Waals surface area contributed by atoms with E-state index in [1.165, 1.54) is 5.56 Å². The number of thiocarbonyl (C=S) groups is 1. The van der Waals surface area contributed by atoms with Gasteiger partial charge >= 0.3 is 0 Å². The number of nitrogens with zero attached hydrogens (tertiary/aromatic N) is 1. The van der Waals surface area contributed by atoms with Crippen LogP contribution in [0.4, 0.5) is 0 Å². The summed E-state index contributed by atoms with van der Waals surface area (Å²) in [7, 11) is 0. The molecule has 0 bridgehead atoms. The van der Waals surface area contributed by atoms with Crippen molar-refractivity contribution in [3.8, 4) is 0 Å². The minimum atomic E-state index is 0.171. The maximum absolute atomic E-state index is 5.14. The molecule has 0 unspecified atom stereocenters. The average Bonchev–Trinajstić information content (AvgIpc) is 2.34. The molecule has 20 heavy (non-hydrogen) atoms. The molecule has 110 valence electrons. The molecule has 1 aromatic rings. The monoisotopic (exact) mass is 291 g/mol. The summed E-state index contributed by atoms with van der Waals surface area (Å²) in [6.45, 7) is 12.7. The highest BCUT2D eigenvalue weighted by atomic mass is 32.1. The molecule has 2 N–H and O–H groups in total. The molecule has 0 saturated heterocycles. The second-order valence-corrected chi connectivity index (χ2v) is 6.67. The van der Waals surface area contributed by atoms with Crippen molar-refractivity contribution in [1.82, 2.24) is 10.7 Å². The Morgan fingerprint density at radius 1 is 1.15 bits per heavy atom. The molecule has 0 spiro atoms. The van der Waals surface area contributed by atoms with Gasteiger partial charge in [-0.25, -0.2) is 0 Å². The molecule has 4 heteroatoms. The average molecular weight is 291 g/mol. The summed E-state index contributed by atoms with van der Waals surface area (Å²) in [5.41, 5.74) is 6.37. The minimum absolute atomic E-state index is 0.171. The van der Waals surface area contributed by atoms with Crippen molar-refractivity contribution in [3.05, 3.63) is 35.4 Å². The first kappa shape index (κ1) is 16.6. The summed E-state index contributed by atoms with van der Waals surface area (Å²) in [5.74, 6) is 0. The molecular formula is C16H25N3S. The van der Waals surface area contributed by atoms with E-state index in [0.29, 0.717) is 11.2 Å². The van der Waals surface area contributed by atoms with Crippen LogP contribution >= 0.6 is 12.2 Å². The zero-order chi connectivity index (χ0) is 15.3. The molecule has 0 saturated carbocycles. The van der Waals surface area contributed by atoms with Crippen LogP contribution in [0.15, 0.2) is 29.4 Å². The standard InChI is InChI=1S/C16H25N3S/c1-11(2)17-15(20)19-18-12(3)13-7-9-14(10-8-13)16(4,5)6/h7-11H,1-6H3,(H2,17,19,20)/b18-12-. The van der Waals surface area contributed by atoms with Crippen LogP contribution in [0.1, 0.15) is 52.7 Å². The lowest BCUT2D eigenvalue weighted by molar-refractivity contribution is 0.590. The fourth-order valence-corrected chi connectivity index (χ4v) is 1.99. The topological polar surface area (TPSA) is 36.4 Å². The Labute approximate surface area is 127 Å². The van der Waals surface area contributed by atoms with E-state index < -0.39 is 0 Å². The Balaban J connectivity index is 2.72. The molecule has 0 aromatic heterocycles. The first-order chi connectivity index (χ1) is 9.20. The summed E-state index contributed by atoms with van der Waals surface area (Å²) in [6.07, 6.45) is 0. The minimum Gasteiger partial charge on any atom is -0.359 e. The van der Waals surface area contributed by atoms with Crippen LogP contribution in [0.2, 0.25) is 0 Å². The van der Waals surface area contributed by atoms with Gasteiger partial charge in [0.2, 0.25) is 0 Å². The molecule has 0 aliphatic rings. The second-order valence-electron chi connectivity index (χ2n) is 6.26. The number of nitrogens with one attached hydrogen (secondary N) is 2. The molecule has 0 fully saturated rings. The summed E-state index contributed by atoms with van der Waals surface area (Å²) in [6, 6.07) is 8.80. The molecule has 1 aromatic carbocycles. The van der Waals surface area contributed by atoms with Gasteiger partial charge in [0.15, 0.2) is 5.11 Å². The van der Waals surface area contributed by atoms with Crippen molar-refractivity contribution in [2.75, 3.05) is 0 Å². The van der Waals surface area contributed by atoms with Gasteiger partial charge < -0.3 is 5.32 Å². The predicted octanol–water partition coefficient (Wildman–Crippen LogP) is 3.58. The molecule has 0 aliphatic heterocycles. The molecule has 3 nitrogen and oxygen atoms in total. The van der Waals surface area contributed by atoms with Crippen LogP contribution < -0.4 is 10.7 Å². The third-order valence-electron chi connectivity index (χ3n) is 2.91. The Morgan fingerprint density at radius 3 is 2.15 bits per heavy atom. The fourth-order valence-electron chi connectivity index (χ4n) is 1.71. The highest BCUT2D eigenvalue weighted by molar-refractivity contribution is 7.80. The quantitative estimate of drug-likeness (QED) is 0.508. The maximum Gasteiger partial charge on any atom is 0.187 e. The maximum atomic E-state index is 5.14. The van der Waals surface area contributed by atoms with E-state index >= 15 is 0 Å². The van der Waals surface area contributed by atoms with Crippen LogP contribution in [0.25, 0.3) is 0 Å². The van der Waals surface area contributed by atoms with Crippen LogP contribution in [-0.2, 0) is 5.41 Å². The van der Waals surface area contributed by atoms with Gasteiger partial charge in [0.25, 0.3) is 0 Å². The first-order valence-corrected chi connectivity index (χ1v) is 7.32. The van der Waals surface area contributed by atoms with Gasteiger partial charge in [-0.1, -0.05) is 45.0 Å². The number of hydrogen-bond acceptors (Lipinski definition) is 2. The molecule has 0 radical (unpaired) electrons. The number of benzene rings is 1. The third-order valence-corrected chi connectivity index (χ3v) is 3.12. The van der Waals surface area contributed by atoms with E-state index in [1.54, 1.807) is 0 Å². The van der Waals surface area contributed by atoms with E-state index in [4.69, 9.17) is 12.2 Å². The van der Waals surface area contributed by atoms with Crippen molar-refractivity contribution in [2.24, 2.45) is 5.10 Å². The van der Waals surface area contributed by atoms with Crippen LogP contribution in [0.3, 0.4) is 0 Å². The second kappa shape index (κ2) is 6.84. The predicted molar refractivity (Wildman–Crippen MR) is 91.4 cm³/mol. The normalized spacial score (nSPS) is 12.4. The summed E-state index contributed by atoms with van der Waals surface area (Å²) in [4.78, 5) is 0. The van der Waals surface area contributed by atoms with E-state index in [2.05, 4.69) is 60.9 Å². The first-order valence-electron chi connectivity index (χ1n) is 6.92. The molecule has 1 rings (SSSR count). The van der Waals surface area contributed by atoms with Gasteiger partial charge in [-0.2, -0.15) is 5.10 Å². The van der Waals surface area contributed by atoms with Gasteiger partial charge in [0.1, 0.15) is 0 Å². The van der Waals surface area contributed by atoms with Crippen LogP contribution in [0.5, 0.6) is 0 Å². The molecule has 0 amide bonds. The van der Waals surface area contributed by atoms with Gasteiger partial charge in [0, 0.05) is 6.04 Å². The van der Waals surface area contributed by atoms with Crippen molar-refractivity contribution >= 4 is 23.0 Å². The van der Waals surface area contributed by atoms with Crippen LogP contribution in [-0.4, -0.2) is 16.9 Å². The summed E-state index contributed by atoms with van der Waals surface area (Å²) in [5, 5.41) is 7.94. The van der Waals surface area contributed by atoms with Crippen molar-refractivity contribution < 1.29 is 0 Å². The van der Waals surface area contributed by atoms with E-state index in [0.717, 1.165) is 11.3 Å². The Kier molecular flexibility index (Phi) is 5.69. The lowest BCUT2D eigenvalue weighted by atomic mass is 9.86. The summed E-state index contributed by atoms with van der Waals surface area (Å²) < 4.78 is 0. The fraction of sp³-hybridized carbons (Fsp3) is 0.500. The van der Waals surface area contributed by atoms with E-state index in [9.17, 15) is 0 Å². The molecule has 0 aliphatic carbocycles. The number of hydrogen-bond donors (Lipinski definition) is 2. The van der Waals surface area contributed by atoms with Gasteiger partial charge in [-0.05, 0) is 49.5 Å². The van der Waals surface area contributed by atoms with Crippen molar-refractivity contribution in [1.29, 1.82) is 0 Å². The Morgan fingerprint density at radius 2 is 1.70 bits per heavy atom. The lowest BCUT2D eigenvalue weighted by Gasteiger charge is -2.19. The molecular weight excluding hydrogens is 266 g/mol. The highest BCUT2D eigenvalue weighted by Gasteiger charge is 2.13. The zero-order valence-electron chi connectivity index (χ0n) is 13.2. The van der Waals surface area contributed by atoms with Gasteiger partial charge in [-0.15, -0.1) is 0 Å². The third kappa shape index (κ3) is 5.29. The smallest absolute Gasteiger partial charge is 0.187 e. The highest BCUT2D eigenvalue weighted by Crippen LogP contribution is 2.22. The Bertz CT molecular complexity index is 481. The number of hydrazone groups is 1. The van der Waals surface area contributed by atoms with Crippen LogP contribution in [0, 0.1) is 0 Å². The lowest BCUT2D eigenvalue weighted by Crippen LogP contribution is -2.37. The SMILES string of the molecule is C/C(=N/NC(=S)NC(C)C)c1ccc(C(C)(C)C)cc1. The van der Waals surface area contributed by atoms with Crippen molar-refractivity contribution in [3.63, 3.8) is 0 Å². The van der Waals surface area contributed by atoms with E-state index in [-0.39, 0.29) is 5.41 Å². The van der Waals surface area contributed by atoms with E-state index in [1.807, 2.05) is 20.8 Å². The van der Waals surface area contributed by atoms with Crippen molar-refractivity contribution in [2.45, 2.75) is 53.0 Å². The Hall–Kier alpha value is -1.42. The largest absolute Gasteiger partial charge is 0.359 e. The number of rotatable bonds is 3.